The zero-order chi connectivity index (χ0) is 15.2. The summed E-state index contributed by atoms with van der Waals surface area (Å²) in [5.74, 6) is 0. The van der Waals surface area contributed by atoms with Crippen molar-refractivity contribution >= 4 is 40.9 Å². The molecule has 3 aromatic rings. The van der Waals surface area contributed by atoms with Gasteiger partial charge in [-0.05, 0) is 0 Å². The van der Waals surface area contributed by atoms with Gasteiger partial charge in [0.05, 0.1) is 0 Å². The van der Waals surface area contributed by atoms with Crippen molar-refractivity contribution in [1.29, 1.82) is 0 Å². The average molecular weight is 414 g/mol. The molecule has 0 fully saturated rings. The second kappa shape index (κ2) is 7.60. The molecule has 2 heteroatoms. The van der Waals surface area contributed by atoms with Crippen LogP contribution in [0.15, 0.2) is 94.4 Å². The van der Waals surface area contributed by atoms with Gasteiger partial charge in [-0.3, -0.25) is 0 Å². The van der Waals surface area contributed by atoms with Gasteiger partial charge in [-0.15, -0.1) is 0 Å². The standard InChI is InChI=1S/C20H15BrSe/c21-18-13-11-17(12-14-18)20(16-7-3-1-4-8-16)15-22-19-9-5-2-6-10-19/h1-15H. The molecule has 0 atom stereocenters. The van der Waals surface area contributed by atoms with Crippen molar-refractivity contribution in [3.8, 4) is 0 Å². The van der Waals surface area contributed by atoms with E-state index in [1.165, 1.54) is 21.2 Å². The summed E-state index contributed by atoms with van der Waals surface area (Å²) in [7, 11) is 0. The van der Waals surface area contributed by atoms with Crippen LogP contribution in [-0.2, 0) is 0 Å². The van der Waals surface area contributed by atoms with Gasteiger partial charge in [-0.1, -0.05) is 0 Å². The molecular weight excluding hydrogens is 399 g/mol. The van der Waals surface area contributed by atoms with Crippen molar-refractivity contribution in [1.82, 2.24) is 0 Å². The fourth-order valence-corrected chi connectivity index (χ4v) is 4.20. The number of hydrogen-bond donors (Lipinski definition) is 0. The van der Waals surface area contributed by atoms with Crippen LogP contribution < -0.4 is 4.46 Å². The Morgan fingerprint density at radius 1 is 0.682 bits per heavy atom. The molecule has 0 nitrogen and oxygen atoms in total. The van der Waals surface area contributed by atoms with E-state index in [-0.39, 0.29) is 0 Å². The van der Waals surface area contributed by atoms with Crippen LogP contribution in [0.3, 0.4) is 0 Å². The van der Waals surface area contributed by atoms with Crippen LogP contribution in [0.1, 0.15) is 11.1 Å². The van der Waals surface area contributed by atoms with Crippen LogP contribution in [0.5, 0.6) is 0 Å². The van der Waals surface area contributed by atoms with Gasteiger partial charge in [-0.2, -0.15) is 0 Å². The van der Waals surface area contributed by atoms with Crippen molar-refractivity contribution in [2.24, 2.45) is 0 Å². The fraction of sp³-hybridized carbons (Fsp3) is 0. The van der Waals surface area contributed by atoms with E-state index >= 15 is 0 Å². The van der Waals surface area contributed by atoms with Gasteiger partial charge in [0.15, 0.2) is 0 Å². The fourth-order valence-electron chi connectivity index (χ4n) is 2.18. The molecule has 3 aromatic carbocycles. The molecule has 0 radical (unpaired) electrons. The Hall–Kier alpha value is -1.60. The Morgan fingerprint density at radius 3 is 1.86 bits per heavy atom. The minimum atomic E-state index is 0.319. The quantitative estimate of drug-likeness (QED) is 0.535. The van der Waals surface area contributed by atoms with E-state index in [1.807, 2.05) is 0 Å². The van der Waals surface area contributed by atoms with Gasteiger partial charge in [0.2, 0.25) is 0 Å². The molecular formula is C20H15BrSe. The molecule has 0 aliphatic carbocycles. The molecule has 0 spiro atoms. The predicted octanol–water partition coefficient (Wildman–Crippen LogP) is 4.87. The summed E-state index contributed by atoms with van der Waals surface area (Å²) in [6.07, 6.45) is 0. The third-order valence-electron chi connectivity index (χ3n) is 3.30. The zero-order valence-electron chi connectivity index (χ0n) is 11.9. The molecule has 0 unspecified atom stereocenters. The summed E-state index contributed by atoms with van der Waals surface area (Å²) in [6.45, 7) is 0. The van der Waals surface area contributed by atoms with Gasteiger partial charge in [-0.25, -0.2) is 0 Å². The molecule has 3 rings (SSSR count). The van der Waals surface area contributed by atoms with E-state index in [0.717, 1.165) is 4.47 Å². The van der Waals surface area contributed by atoms with Gasteiger partial charge < -0.3 is 0 Å². The van der Waals surface area contributed by atoms with Gasteiger partial charge >= 0.3 is 146 Å². The summed E-state index contributed by atoms with van der Waals surface area (Å²) < 4.78 is 2.50. The Bertz CT molecular complexity index is 747. The van der Waals surface area contributed by atoms with Gasteiger partial charge in [0.1, 0.15) is 0 Å². The molecule has 0 amide bonds. The van der Waals surface area contributed by atoms with Crippen molar-refractivity contribution in [2.45, 2.75) is 0 Å². The predicted molar refractivity (Wildman–Crippen MR) is 99.5 cm³/mol. The Balaban J connectivity index is 1.98. The second-order valence-corrected chi connectivity index (χ2v) is 7.73. The number of rotatable bonds is 4. The molecule has 108 valence electrons. The van der Waals surface area contributed by atoms with Gasteiger partial charge in [0.25, 0.3) is 0 Å². The molecule has 0 saturated heterocycles. The average Bonchev–Trinajstić information content (AvgIpc) is 2.58. The van der Waals surface area contributed by atoms with Crippen molar-refractivity contribution in [3.63, 3.8) is 0 Å². The summed E-state index contributed by atoms with van der Waals surface area (Å²) in [6, 6.07) is 29.8. The Kier molecular flexibility index (Phi) is 5.28. The van der Waals surface area contributed by atoms with Crippen LogP contribution in [0, 0.1) is 0 Å². The second-order valence-electron chi connectivity index (χ2n) is 4.84. The zero-order valence-corrected chi connectivity index (χ0v) is 15.2. The minimum absolute atomic E-state index is 0.319. The van der Waals surface area contributed by atoms with Crippen molar-refractivity contribution < 1.29 is 0 Å². The molecule has 22 heavy (non-hydrogen) atoms. The van der Waals surface area contributed by atoms with Crippen molar-refractivity contribution in [3.05, 3.63) is 106 Å². The molecule has 0 N–H and O–H groups in total. The number of hydrogen-bond acceptors (Lipinski definition) is 0. The third kappa shape index (κ3) is 3.98. The van der Waals surface area contributed by atoms with E-state index < -0.39 is 0 Å². The van der Waals surface area contributed by atoms with E-state index in [4.69, 9.17) is 0 Å². The first-order valence-electron chi connectivity index (χ1n) is 7.06. The monoisotopic (exact) mass is 414 g/mol. The molecule has 0 bridgehead atoms. The normalized spacial score (nSPS) is 11.4. The summed E-state index contributed by atoms with van der Waals surface area (Å²) in [5, 5.41) is 0. The first-order valence-corrected chi connectivity index (χ1v) is 9.70. The Labute approximate surface area is 146 Å². The number of benzene rings is 3. The van der Waals surface area contributed by atoms with E-state index in [0.29, 0.717) is 15.0 Å². The molecule has 0 aromatic heterocycles. The van der Waals surface area contributed by atoms with E-state index in [9.17, 15) is 0 Å². The van der Waals surface area contributed by atoms with Crippen LogP contribution in [0.25, 0.3) is 5.57 Å². The first kappa shape index (κ1) is 15.3. The molecule has 0 saturated carbocycles. The SMILES string of the molecule is Brc1ccc(C(=C[Se]c2ccccc2)c2ccccc2)cc1. The van der Waals surface area contributed by atoms with E-state index in [1.54, 1.807) is 0 Å². The topological polar surface area (TPSA) is 0 Å². The third-order valence-corrected chi connectivity index (χ3v) is 5.71. The Morgan fingerprint density at radius 2 is 1.23 bits per heavy atom. The molecule has 0 aliphatic heterocycles. The maximum absolute atomic E-state index is 3.51. The summed E-state index contributed by atoms with van der Waals surface area (Å²) in [5.41, 5.74) is 3.83. The number of halogens is 1. The maximum atomic E-state index is 3.51. The molecule has 0 heterocycles. The van der Waals surface area contributed by atoms with Crippen molar-refractivity contribution in [2.75, 3.05) is 0 Å². The van der Waals surface area contributed by atoms with Gasteiger partial charge in [0, 0.05) is 0 Å². The summed E-state index contributed by atoms with van der Waals surface area (Å²) in [4.78, 5) is 2.38. The molecule has 0 aliphatic rings. The van der Waals surface area contributed by atoms with Crippen LogP contribution in [0.2, 0.25) is 0 Å². The van der Waals surface area contributed by atoms with Crippen LogP contribution in [-0.4, -0.2) is 15.0 Å². The van der Waals surface area contributed by atoms with Crippen LogP contribution >= 0.6 is 15.9 Å². The summed E-state index contributed by atoms with van der Waals surface area (Å²) >= 11 is 3.83. The first-order chi connectivity index (χ1) is 10.8. The van der Waals surface area contributed by atoms with Crippen LogP contribution in [0.4, 0.5) is 0 Å². The van der Waals surface area contributed by atoms with E-state index in [2.05, 4.69) is 106 Å².